The lowest BCUT2D eigenvalue weighted by molar-refractivity contribution is -0.148. The van der Waals surface area contributed by atoms with Crippen molar-refractivity contribution in [2.24, 2.45) is 0 Å². The highest BCUT2D eigenvalue weighted by atomic mass is 16.5. The van der Waals surface area contributed by atoms with Crippen molar-refractivity contribution in [1.29, 1.82) is 0 Å². The molecule has 0 bridgehead atoms. The summed E-state index contributed by atoms with van der Waals surface area (Å²) in [6, 6.07) is 15.0. The predicted molar refractivity (Wildman–Crippen MR) is 133 cm³/mol. The number of piperidine rings is 1. The number of rotatable bonds is 9. The van der Waals surface area contributed by atoms with Crippen molar-refractivity contribution >= 4 is 23.5 Å². The van der Waals surface area contributed by atoms with Gasteiger partial charge >= 0.3 is 5.97 Å². The summed E-state index contributed by atoms with van der Waals surface area (Å²) in [5, 5.41) is 0. The standard InChI is InChI=1S/C27H33N3O5/c1-34-22-10-5-11-23(35-26(33)20-21-8-3-2-4-9-21)27(22)29-18-16-28(17-19-29)14-7-15-30-24(31)12-6-13-25(30)32/h2-5,8-11H,6-7,12-20H2,1H3. The van der Waals surface area contributed by atoms with E-state index in [-0.39, 0.29) is 24.2 Å². The summed E-state index contributed by atoms with van der Waals surface area (Å²) in [7, 11) is 1.62. The van der Waals surface area contributed by atoms with Gasteiger partial charge in [-0.05, 0) is 37.1 Å². The molecule has 8 heteroatoms. The molecule has 2 fully saturated rings. The number of anilines is 1. The number of ether oxygens (including phenoxy) is 2. The quantitative estimate of drug-likeness (QED) is 0.311. The molecule has 0 atom stereocenters. The van der Waals surface area contributed by atoms with Crippen molar-refractivity contribution in [2.75, 3.05) is 51.3 Å². The molecule has 0 saturated carbocycles. The second-order valence-electron chi connectivity index (χ2n) is 8.92. The predicted octanol–water partition coefficient (Wildman–Crippen LogP) is 2.89. The van der Waals surface area contributed by atoms with Gasteiger partial charge in [-0.1, -0.05) is 36.4 Å². The number of esters is 1. The lowest BCUT2D eigenvalue weighted by atomic mass is 10.1. The third-order valence-electron chi connectivity index (χ3n) is 6.52. The maximum absolute atomic E-state index is 12.6. The number of piperazine rings is 1. The van der Waals surface area contributed by atoms with E-state index in [1.54, 1.807) is 13.2 Å². The van der Waals surface area contributed by atoms with Crippen LogP contribution >= 0.6 is 0 Å². The van der Waals surface area contributed by atoms with E-state index < -0.39 is 0 Å². The summed E-state index contributed by atoms with van der Waals surface area (Å²) < 4.78 is 11.4. The first-order chi connectivity index (χ1) is 17.0. The molecular weight excluding hydrogens is 446 g/mol. The molecule has 2 aliphatic rings. The van der Waals surface area contributed by atoms with Gasteiger partial charge in [-0.2, -0.15) is 0 Å². The molecule has 2 aromatic carbocycles. The summed E-state index contributed by atoms with van der Waals surface area (Å²) in [6.45, 7) is 4.49. The average molecular weight is 480 g/mol. The van der Waals surface area contributed by atoms with Crippen LogP contribution in [-0.2, 0) is 20.8 Å². The van der Waals surface area contributed by atoms with E-state index in [9.17, 15) is 14.4 Å². The number of para-hydroxylation sites is 1. The SMILES string of the molecule is COc1cccc(OC(=O)Cc2ccccc2)c1N1CCN(CCCN2C(=O)CCCC2=O)CC1. The summed E-state index contributed by atoms with van der Waals surface area (Å²) in [5.41, 5.74) is 1.70. The molecule has 8 nitrogen and oxygen atoms in total. The molecule has 35 heavy (non-hydrogen) atoms. The molecule has 4 rings (SSSR count). The normalized spacial score (nSPS) is 16.9. The number of methoxy groups -OCH3 is 1. The van der Waals surface area contributed by atoms with E-state index in [1.807, 2.05) is 42.5 Å². The molecule has 2 saturated heterocycles. The van der Waals surface area contributed by atoms with Gasteiger partial charge in [0.25, 0.3) is 0 Å². The van der Waals surface area contributed by atoms with Crippen molar-refractivity contribution in [3.05, 3.63) is 54.1 Å². The van der Waals surface area contributed by atoms with Crippen molar-refractivity contribution in [3.63, 3.8) is 0 Å². The van der Waals surface area contributed by atoms with E-state index in [0.717, 1.165) is 50.4 Å². The molecule has 2 amide bonds. The smallest absolute Gasteiger partial charge is 0.315 e. The molecule has 2 aromatic rings. The second kappa shape index (κ2) is 11.8. The van der Waals surface area contributed by atoms with Crippen LogP contribution in [-0.4, -0.2) is 74.0 Å². The topological polar surface area (TPSA) is 79.4 Å². The Morgan fingerprint density at radius 2 is 1.54 bits per heavy atom. The summed E-state index contributed by atoms with van der Waals surface area (Å²) in [6.07, 6.45) is 2.59. The van der Waals surface area contributed by atoms with Gasteiger partial charge in [-0.15, -0.1) is 0 Å². The van der Waals surface area contributed by atoms with Crippen LogP contribution in [0.3, 0.4) is 0 Å². The van der Waals surface area contributed by atoms with Crippen LogP contribution < -0.4 is 14.4 Å². The highest BCUT2D eigenvalue weighted by Crippen LogP contribution is 2.38. The Morgan fingerprint density at radius 3 is 2.23 bits per heavy atom. The second-order valence-corrected chi connectivity index (χ2v) is 8.92. The zero-order valence-corrected chi connectivity index (χ0v) is 20.3. The Hall–Kier alpha value is -3.39. The number of hydrogen-bond acceptors (Lipinski definition) is 7. The number of carbonyl (C=O) groups is 3. The Labute approximate surface area is 206 Å². The molecule has 0 N–H and O–H groups in total. The van der Waals surface area contributed by atoms with Crippen molar-refractivity contribution in [3.8, 4) is 11.5 Å². The van der Waals surface area contributed by atoms with E-state index in [2.05, 4.69) is 9.80 Å². The number of likely N-dealkylation sites (tertiary alicyclic amines) is 1. The Kier molecular flexibility index (Phi) is 8.36. The first-order valence-electron chi connectivity index (χ1n) is 12.3. The number of amides is 2. The van der Waals surface area contributed by atoms with Gasteiger partial charge < -0.3 is 14.4 Å². The first-order valence-corrected chi connectivity index (χ1v) is 12.3. The van der Waals surface area contributed by atoms with Crippen LogP contribution in [0.1, 0.15) is 31.2 Å². The average Bonchev–Trinajstić information content (AvgIpc) is 2.87. The fourth-order valence-corrected chi connectivity index (χ4v) is 4.68. The molecule has 186 valence electrons. The van der Waals surface area contributed by atoms with Gasteiger partial charge in [0.1, 0.15) is 11.4 Å². The van der Waals surface area contributed by atoms with E-state index >= 15 is 0 Å². The van der Waals surface area contributed by atoms with Crippen molar-refractivity contribution in [2.45, 2.75) is 32.1 Å². The summed E-state index contributed by atoms with van der Waals surface area (Å²) >= 11 is 0. The lowest BCUT2D eigenvalue weighted by Gasteiger charge is -2.37. The van der Waals surface area contributed by atoms with Gasteiger partial charge in [-0.25, -0.2) is 0 Å². The molecular formula is C27H33N3O5. The van der Waals surface area contributed by atoms with E-state index in [4.69, 9.17) is 9.47 Å². The van der Waals surface area contributed by atoms with Crippen LogP contribution in [0.15, 0.2) is 48.5 Å². The lowest BCUT2D eigenvalue weighted by Crippen LogP contribution is -2.48. The molecule has 2 aliphatic heterocycles. The third kappa shape index (κ3) is 6.39. The Bertz CT molecular complexity index is 1020. The number of carbonyl (C=O) groups excluding carboxylic acids is 3. The minimum absolute atomic E-state index is 0.0448. The minimum atomic E-state index is -0.314. The molecule has 0 radical (unpaired) electrons. The minimum Gasteiger partial charge on any atom is -0.494 e. The van der Waals surface area contributed by atoms with Crippen molar-refractivity contribution < 1.29 is 23.9 Å². The van der Waals surface area contributed by atoms with Crippen molar-refractivity contribution in [1.82, 2.24) is 9.80 Å². The summed E-state index contributed by atoms with van der Waals surface area (Å²) in [4.78, 5) is 42.6. The monoisotopic (exact) mass is 479 g/mol. The third-order valence-corrected chi connectivity index (χ3v) is 6.52. The van der Waals surface area contributed by atoms with E-state index in [0.29, 0.717) is 37.3 Å². The highest BCUT2D eigenvalue weighted by Gasteiger charge is 2.27. The van der Waals surface area contributed by atoms with Gasteiger partial charge in [0.2, 0.25) is 11.8 Å². The van der Waals surface area contributed by atoms with Crippen LogP contribution in [0.2, 0.25) is 0 Å². The van der Waals surface area contributed by atoms with Gasteiger partial charge in [0, 0.05) is 45.6 Å². The molecule has 0 aromatic heterocycles. The zero-order chi connectivity index (χ0) is 24.6. The van der Waals surface area contributed by atoms with Crippen LogP contribution in [0.5, 0.6) is 11.5 Å². The maximum atomic E-state index is 12.6. The largest absolute Gasteiger partial charge is 0.494 e. The molecule has 0 aliphatic carbocycles. The number of benzene rings is 2. The fourth-order valence-electron chi connectivity index (χ4n) is 4.68. The highest BCUT2D eigenvalue weighted by molar-refractivity contribution is 5.97. The Morgan fingerprint density at radius 1 is 0.857 bits per heavy atom. The molecule has 0 spiro atoms. The van der Waals surface area contributed by atoms with Gasteiger partial charge in [0.05, 0.1) is 13.5 Å². The Balaban J connectivity index is 1.33. The van der Waals surface area contributed by atoms with Gasteiger partial charge in [-0.3, -0.25) is 24.2 Å². The first kappa shape index (κ1) is 24.7. The number of nitrogens with zero attached hydrogens (tertiary/aromatic N) is 3. The molecule has 0 unspecified atom stereocenters. The number of hydrogen-bond donors (Lipinski definition) is 0. The fraction of sp³-hybridized carbons (Fsp3) is 0.444. The molecule has 2 heterocycles. The van der Waals surface area contributed by atoms with Crippen LogP contribution in [0.25, 0.3) is 0 Å². The van der Waals surface area contributed by atoms with Gasteiger partial charge in [0.15, 0.2) is 5.75 Å². The maximum Gasteiger partial charge on any atom is 0.315 e. The number of imide groups is 1. The van der Waals surface area contributed by atoms with Crippen LogP contribution in [0.4, 0.5) is 5.69 Å². The van der Waals surface area contributed by atoms with Crippen LogP contribution in [0, 0.1) is 0 Å². The van der Waals surface area contributed by atoms with E-state index in [1.165, 1.54) is 4.90 Å². The summed E-state index contributed by atoms with van der Waals surface area (Å²) in [5.74, 6) is 0.769. The zero-order valence-electron chi connectivity index (χ0n) is 20.3.